The molecule has 38 heavy (non-hydrogen) atoms. The van der Waals surface area contributed by atoms with Crippen molar-refractivity contribution in [1.29, 1.82) is 0 Å². The summed E-state index contributed by atoms with van der Waals surface area (Å²) in [6.45, 7) is 24.0. The van der Waals surface area contributed by atoms with Crippen molar-refractivity contribution in [3.8, 4) is 18.6 Å². The van der Waals surface area contributed by atoms with Gasteiger partial charge in [-0.25, -0.2) is 4.39 Å². The van der Waals surface area contributed by atoms with Gasteiger partial charge in [-0.3, -0.25) is 4.90 Å². The molecule has 1 unspecified atom stereocenters. The fourth-order valence-electron chi connectivity index (χ4n) is 3.90. The van der Waals surface area contributed by atoms with Crippen molar-refractivity contribution in [2.75, 3.05) is 39.9 Å². The number of rotatable bonds is 10. The average molecular weight is 533 g/mol. The van der Waals surface area contributed by atoms with Crippen LogP contribution < -0.4 is 10.1 Å². The van der Waals surface area contributed by atoms with Crippen LogP contribution in [-0.4, -0.2) is 61.6 Å². The third-order valence-corrected chi connectivity index (χ3v) is 5.29. The number of methoxy groups -OCH3 is 1. The van der Waals surface area contributed by atoms with Gasteiger partial charge in [0.05, 0.1) is 13.7 Å². The number of allylic oxidation sites excluding steroid dienone is 2. The monoisotopic (exact) mass is 532 g/mol. The van der Waals surface area contributed by atoms with E-state index in [2.05, 4.69) is 82.1 Å². The summed E-state index contributed by atoms with van der Waals surface area (Å²) in [4.78, 5) is 2.43. The van der Waals surface area contributed by atoms with Crippen LogP contribution in [0.3, 0.4) is 0 Å². The Morgan fingerprint density at radius 1 is 1.13 bits per heavy atom. The highest BCUT2D eigenvalue weighted by Crippen LogP contribution is 2.17. The molecule has 1 saturated heterocycles. The van der Waals surface area contributed by atoms with Crippen LogP contribution >= 0.6 is 0 Å². The molecule has 1 aromatic carbocycles. The van der Waals surface area contributed by atoms with Crippen molar-refractivity contribution < 1.29 is 14.2 Å². The number of terminal acetylenes is 1. The number of benzene rings is 1. The molecule has 0 aromatic heterocycles. The van der Waals surface area contributed by atoms with Crippen LogP contribution in [0.5, 0.6) is 5.75 Å². The zero-order valence-electron chi connectivity index (χ0n) is 25.7. The predicted octanol–water partition coefficient (Wildman–Crippen LogP) is 7.40. The molecule has 0 bridgehead atoms. The molecule has 0 aliphatic carbocycles. The first kappa shape index (κ1) is 40.1. The zero-order chi connectivity index (χ0) is 30.0. The molecule has 1 aromatic rings. The van der Waals surface area contributed by atoms with Gasteiger partial charge in [-0.2, -0.15) is 0 Å². The molecule has 4 nitrogen and oxygen atoms in total. The van der Waals surface area contributed by atoms with Gasteiger partial charge < -0.3 is 15.2 Å². The van der Waals surface area contributed by atoms with E-state index in [1.165, 1.54) is 30.4 Å². The normalized spacial score (nSPS) is 13.8. The summed E-state index contributed by atoms with van der Waals surface area (Å²) in [5, 5.41) is 12.1. The maximum atomic E-state index is 13.0. The third-order valence-electron chi connectivity index (χ3n) is 5.29. The minimum absolute atomic E-state index is 0.00266. The van der Waals surface area contributed by atoms with Crippen molar-refractivity contribution >= 4 is 0 Å². The number of nitrogens with zero attached hydrogens (tertiary/aromatic N) is 1. The van der Waals surface area contributed by atoms with E-state index >= 15 is 0 Å². The van der Waals surface area contributed by atoms with Crippen LogP contribution in [0.2, 0.25) is 0 Å². The second-order valence-electron chi connectivity index (χ2n) is 9.54. The van der Waals surface area contributed by atoms with E-state index in [-0.39, 0.29) is 12.1 Å². The number of hydrogen-bond acceptors (Lipinski definition) is 4. The van der Waals surface area contributed by atoms with E-state index in [1.54, 1.807) is 20.1 Å². The van der Waals surface area contributed by atoms with Crippen molar-refractivity contribution in [3.63, 3.8) is 0 Å². The Hall–Kier alpha value is -2.39. The number of aliphatic hydroxyl groups is 1. The van der Waals surface area contributed by atoms with Gasteiger partial charge in [0.25, 0.3) is 0 Å². The molecular formula is C33H57FN2O2. The molecular weight excluding hydrogens is 475 g/mol. The van der Waals surface area contributed by atoms with Gasteiger partial charge in [0.2, 0.25) is 0 Å². The number of halogens is 1. The SMILES string of the molecule is C#C.C=C.CC.CC(C)=C/C(=C\C(C)F)CN1CCCCC1.COc1ccc(CC(C)(C)NCCO)cc1. The lowest BCUT2D eigenvalue weighted by molar-refractivity contribution is 0.247. The molecule has 2 N–H and O–H groups in total. The molecule has 5 heteroatoms. The maximum Gasteiger partial charge on any atom is 0.118 e. The number of nitrogens with one attached hydrogen (secondary N) is 1. The van der Waals surface area contributed by atoms with E-state index in [1.807, 2.05) is 26.0 Å². The molecule has 0 radical (unpaired) electrons. The zero-order valence-corrected chi connectivity index (χ0v) is 25.7. The summed E-state index contributed by atoms with van der Waals surface area (Å²) in [5.41, 5.74) is 3.62. The van der Waals surface area contributed by atoms with Crippen LogP contribution in [-0.2, 0) is 6.42 Å². The number of β-amino-alcohol motifs (C(OH)–C–C–N with tert-alkyl or cyclic N) is 1. The fourth-order valence-corrected chi connectivity index (χ4v) is 3.90. The topological polar surface area (TPSA) is 44.7 Å². The summed E-state index contributed by atoms with van der Waals surface area (Å²) >= 11 is 0. The largest absolute Gasteiger partial charge is 0.497 e. The van der Waals surface area contributed by atoms with Gasteiger partial charge >= 0.3 is 0 Å². The Morgan fingerprint density at radius 3 is 2.08 bits per heavy atom. The van der Waals surface area contributed by atoms with E-state index in [4.69, 9.17) is 9.84 Å². The first-order chi connectivity index (χ1) is 18.1. The van der Waals surface area contributed by atoms with Crippen LogP contribution in [0.4, 0.5) is 4.39 Å². The number of aliphatic hydroxyl groups excluding tert-OH is 1. The fraction of sp³-hybridized carbons (Fsp3) is 0.576. The number of likely N-dealkylation sites (tertiary alicyclic amines) is 1. The van der Waals surface area contributed by atoms with Gasteiger partial charge in [-0.15, -0.1) is 26.0 Å². The molecule has 1 atom stereocenters. The van der Waals surface area contributed by atoms with Gasteiger partial charge in [0.1, 0.15) is 11.9 Å². The average Bonchev–Trinajstić information content (AvgIpc) is 2.91. The quantitative estimate of drug-likeness (QED) is 0.187. The predicted molar refractivity (Wildman–Crippen MR) is 167 cm³/mol. The Morgan fingerprint density at radius 2 is 1.66 bits per heavy atom. The smallest absolute Gasteiger partial charge is 0.118 e. The lowest BCUT2D eigenvalue weighted by Gasteiger charge is -2.27. The highest BCUT2D eigenvalue weighted by atomic mass is 19.1. The lowest BCUT2D eigenvalue weighted by atomic mass is 9.95. The number of ether oxygens (including phenoxy) is 1. The highest BCUT2D eigenvalue weighted by Gasteiger charge is 2.17. The molecule has 1 fully saturated rings. The van der Waals surface area contributed by atoms with Crippen LogP contribution in [0.1, 0.15) is 73.3 Å². The van der Waals surface area contributed by atoms with Crippen molar-refractivity contribution in [2.45, 2.75) is 85.9 Å². The van der Waals surface area contributed by atoms with E-state index < -0.39 is 6.17 Å². The summed E-state index contributed by atoms with van der Waals surface area (Å²) in [7, 11) is 1.67. The van der Waals surface area contributed by atoms with Gasteiger partial charge in [0.15, 0.2) is 0 Å². The van der Waals surface area contributed by atoms with Crippen molar-refractivity contribution in [3.05, 3.63) is 66.3 Å². The molecule has 1 aliphatic rings. The van der Waals surface area contributed by atoms with Gasteiger partial charge in [-0.05, 0) is 96.3 Å². The standard InChI is InChI=1S/C14H24FN.C13H21NO2.C2H6.C2H4.C2H2/c1-12(2)9-14(10-13(3)15)11-16-7-5-4-6-8-16;1-13(2,14-8-9-15)10-11-4-6-12(16-3)7-5-11;3*1-2/h9-10,13H,4-8,11H2,1-3H3;4-7,14-15H,8-10H2,1-3H3;1-2H3;1-2H2;1-2H/b14-10+;;;;. The number of alkyl halides is 1. The lowest BCUT2D eigenvalue weighted by Crippen LogP contribution is -2.42. The second-order valence-corrected chi connectivity index (χ2v) is 9.54. The molecule has 1 heterocycles. The molecule has 0 spiro atoms. The highest BCUT2D eigenvalue weighted by molar-refractivity contribution is 5.28. The Kier molecular flexibility index (Phi) is 27.7. The van der Waals surface area contributed by atoms with Crippen molar-refractivity contribution in [1.82, 2.24) is 10.2 Å². The minimum atomic E-state index is -0.851. The molecule has 2 rings (SSSR count). The third kappa shape index (κ3) is 22.8. The van der Waals surface area contributed by atoms with Crippen LogP contribution in [0.25, 0.3) is 0 Å². The Bertz CT molecular complexity index is 742. The maximum absolute atomic E-state index is 13.0. The minimum Gasteiger partial charge on any atom is -0.497 e. The van der Waals surface area contributed by atoms with E-state index in [9.17, 15) is 4.39 Å². The molecule has 0 saturated carbocycles. The first-order valence-electron chi connectivity index (χ1n) is 13.7. The van der Waals surface area contributed by atoms with E-state index in [0.717, 1.165) is 37.4 Å². The summed E-state index contributed by atoms with van der Waals surface area (Å²) in [6.07, 6.45) is 15.8. The van der Waals surface area contributed by atoms with Crippen molar-refractivity contribution in [2.24, 2.45) is 0 Å². The summed E-state index contributed by atoms with van der Waals surface area (Å²) in [5.74, 6) is 0.880. The van der Waals surface area contributed by atoms with Gasteiger partial charge in [-0.1, -0.05) is 44.1 Å². The first-order valence-corrected chi connectivity index (χ1v) is 13.7. The van der Waals surface area contributed by atoms with Crippen LogP contribution in [0.15, 0.2) is 60.7 Å². The van der Waals surface area contributed by atoms with Crippen LogP contribution in [0, 0.1) is 12.8 Å². The number of hydrogen-bond donors (Lipinski definition) is 2. The number of piperidine rings is 1. The molecule has 1 aliphatic heterocycles. The molecule has 218 valence electrons. The Labute approximate surface area is 235 Å². The summed E-state index contributed by atoms with van der Waals surface area (Å²) < 4.78 is 18.1. The van der Waals surface area contributed by atoms with E-state index in [0.29, 0.717) is 6.54 Å². The Balaban J connectivity index is -0.000000538. The summed E-state index contributed by atoms with van der Waals surface area (Å²) in [6, 6.07) is 8.08. The second kappa shape index (κ2) is 26.2. The van der Waals surface area contributed by atoms with Gasteiger partial charge in [0, 0.05) is 18.6 Å². The molecule has 0 amide bonds.